The van der Waals surface area contributed by atoms with Crippen LogP contribution in [0.1, 0.15) is 13.8 Å². The van der Waals surface area contributed by atoms with Gasteiger partial charge in [-0.15, -0.1) is 0 Å². The van der Waals surface area contributed by atoms with Crippen molar-refractivity contribution in [3.63, 3.8) is 0 Å². The van der Waals surface area contributed by atoms with Crippen molar-refractivity contribution in [2.24, 2.45) is 5.73 Å². The number of nitrogens with two attached hydrogens (primary N) is 1. The van der Waals surface area contributed by atoms with E-state index in [9.17, 15) is 4.79 Å². The minimum absolute atomic E-state index is 0.0209. The summed E-state index contributed by atoms with van der Waals surface area (Å²) in [6.45, 7) is 5.70. The largest absolute Gasteiger partial charge is 0.462 e. The average molecular weight is 172 g/mol. The third kappa shape index (κ3) is 2.79. The van der Waals surface area contributed by atoms with E-state index in [2.05, 4.69) is 0 Å². The number of ether oxygens (including phenoxy) is 1. The SMILES string of the molecule is CC(C)OC(=O)CN1CC(N)C1. The zero-order valence-corrected chi connectivity index (χ0v) is 7.62. The number of carbonyl (C=O) groups excluding carboxylic acids is 1. The quantitative estimate of drug-likeness (QED) is 0.587. The van der Waals surface area contributed by atoms with Gasteiger partial charge in [-0.05, 0) is 13.8 Å². The van der Waals surface area contributed by atoms with E-state index >= 15 is 0 Å². The van der Waals surface area contributed by atoms with Crippen molar-refractivity contribution >= 4 is 5.97 Å². The number of hydrogen-bond donors (Lipinski definition) is 1. The smallest absolute Gasteiger partial charge is 0.320 e. The summed E-state index contributed by atoms with van der Waals surface area (Å²) in [6.07, 6.45) is -0.0209. The Balaban J connectivity index is 2.11. The summed E-state index contributed by atoms with van der Waals surface area (Å²) >= 11 is 0. The Kier molecular flexibility index (Phi) is 3.05. The third-order valence-electron chi connectivity index (χ3n) is 1.71. The van der Waals surface area contributed by atoms with Gasteiger partial charge in [0.1, 0.15) is 0 Å². The predicted octanol–water partition coefficient (Wildman–Crippen LogP) is -0.419. The molecule has 1 heterocycles. The predicted molar refractivity (Wildman–Crippen MR) is 45.6 cm³/mol. The molecule has 0 aliphatic carbocycles. The van der Waals surface area contributed by atoms with E-state index in [1.165, 1.54) is 0 Å². The molecule has 4 heteroatoms. The monoisotopic (exact) mass is 172 g/mol. The summed E-state index contributed by atoms with van der Waals surface area (Å²) in [5.74, 6) is -0.156. The summed E-state index contributed by atoms with van der Waals surface area (Å²) in [6, 6.07) is 0.247. The number of nitrogens with zero attached hydrogens (tertiary/aromatic N) is 1. The molecule has 2 N–H and O–H groups in total. The number of esters is 1. The lowest BCUT2D eigenvalue weighted by atomic mass is 10.1. The van der Waals surface area contributed by atoms with Gasteiger partial charge in [-0.25, -0.2) is 0 Å². The first kappa shape index (κ1) is 9.48. The van der Waals surface area contributed by atoms with Crippen molar-refractivity contribution in [1.82, 2.24) is 4.90 Å². The molecule has 1 aliphatic heterocycles. The molecule has 1 fully saturated rings. The van der Waals surface area contributed by atoms with Crippen LogP contribution in [0.25, 0.3) is 0 Å². The Morgan fingerprint density at radius 3 is 2.67 bits per heavy atom. The molecule has 0 bridgehead atoms. The van der Waals surface area contributed by atoms with Crippen molar-refractivity contribution in [2.75, 3.05) is 19.6 Å². The molecule has 4 nitrogen and oxygen atoms in total. The molecule has 0 aromatic rings. The standard InChI is InChI=1S/C8H16N2O2/c1-6(2)12-8(11)5-10-3-7(9)4-10/h6-7H,3-5,9H2,1-2H3. The van der Waals surface area contributed by atoms with Gasteiger partial charge in [0.15, 0.2) is 0 Å². The van der Waals surface area contributed by atoms with Crippen molar-refractivity contribution in [3.05, 3.63) is 0 Å². The highest BCUT2D eigenvalue weighted by Crippen LogP contribution is 2.04. The summed E-state index contributed by atoms with van der Waals surface area (Å²) in [5.41, 5.74) is 5.55. The molecule has 1 aliphatic rings. The first-order valence-electron chi connectivity index (χ1n) is 4.25. The number of carbonyl (C=O) groups is 1. The minimum atomic E-state index is -0.156. The summed E-state index contributed by atoms with van der Waals surface area (Å²) in [7, 11) is 0. The second-order valence-electron chi connectivity index (χ2n) is 3.49. The molecule has 0 aromatic heterocycles. The normalized spacial score (nSPS) is 19.3. The zero-order valence-electron chi connectivity index (χ0n) is 7.62. The molecule has 0 radical (unpaired) electrons. The van der Waals surface area contributed by atoms with Crippen LogP contribution < -0.4 is 5.73 Å². The summed E-state index contributed by atoms with van der Waals surface area (Å²) < 4.78 is 4.97. The highest BCUT2D eigenvalue weighted by atomic mass is 16.5. The Morgan fingerprint density at radius 1 is 1.67 bits per heavy atom. The fraction of sp³-hybridized carbons (Fsp3) is 0.875. The van der Waals surface area contributed by atoms with Crippen LogP contribution >= 0.6 is 0 Å². The van der Waals surface area contributed by atoms with Gasteiger partial charge in [-0.1, -0.05) is 0 Å². The Labute approximate surface area is 72.7 Å². The van der Waals surface area contributed by atoms with Gasteiger partial charge in [0.05, 0.1) is 12.6 Å². The molecular formula is C8H16N2O2. The molecule has 12 heavy (non-hydrogen) atoms. The maximum Gasteiger partial charge on any atom is 0.320 e. The fourth-order valence-corrected chi connectivity index (χ4v) is 1.22. The van der Waals surface area contributed by atoms with Crippen molar-refractivity contribution < 1.29 is 9.53 Å². The molecule has 0 aromatic carbocycles. The van der Waals surface area contributed by atoms with Crippen molar-refractivity contribution in [3.8, 4) is 0 Å². The summed E-state index contributed by atoms with van der Waals surface area (Å²) in [4.78, 5) is 13.0. The van der Waals surface area contributed by atoms with Gasteiger partial charge >= 0.3 is 5.97 Å². The van der Waals surface area contributed by atoms with Gasteiger partial charge < -0.3 is 10.5 Å². The van der Waals surface area contributed by atoms with Crippen LogP contribution in [0.4, 0.5) is 0 Å². The molecule has 0 spiro atoms. The number of hydrogen-bond acceptors (Lipinski definition) is 4. The molecular weight excluding hydrogens is 156 g/mol. The second-order valence-corrected chi connectivity index (χ2v) is 3.49. The van der Waals surface area contributed by atoms with Gasteiger partial charge in [0.25, 0.3) is 0 Å². The topological polar surface area (TPSA) is 55.6 Å². The molecule has 70 valence electrons. The van der Waals surface area contributed by atoms with Crippen LogP contribution in [0.15, 0.2) is 0 Å². The van der Waals surface area contributed by atoms with Crippen molar-refractivity contribution in [1.29, 1.82) is 0 Å². The first-order chi connectivity index (χ1) is 5.58. The Bertz CT molecular complexity index is 164. The summed E-state index contributed by atoms with van der Waals surface area (Å²) in [5, 5.41) is 0. The number of rotatable bonds is 3. The maximum absolute atomic E-state index is 11.1. The van der Waals surface area contributed by atoms with E-state index in [4.69, 9.17) is 10.5 Å². The molecule has 1 rings (SSSR count). The van der Waals surface area contributed by atoms with E-state index in [0.717, 1.165) is 13.1 Å². The Morgan fingerprint density at radius 2 is 2.25 bits per heavy atom. The van der Waals surface area contributed by atoms with Crippen LogP contribution in [0.3, 0.4) is 0 Å². The van der Waals surface area contributed by atoms with Crippen LogP contribution in [0.5, 0.6) is 0 Å². The molecule has 0 atom stereocenters. The van der Waals surface area contributed by atoms with E-state index in [0.29, 0.717) is 6.54 Å². The van der Waals surface area contributed by atoms with E-state index in [1.807, 2.05) is 18.7 Å². The average Bonchev–Trinajstić information content (AvgIpc) is 1.82. The molecule has 1 saturated heterocycles. The molecule has 0 saturated carbocycles. The maximum atomic E-state index is 11.1. The van der Waals surface area contributed by atoms with Gasteiger partial charge in [-0.2, -0.15) is 0 Å². The van der Waals surface area contributed by atoms with E-state index in [-0.39, 0.29) is 18.1 Å². The highest BCUT2D eigenvalue weighted by molar-refractivity contribution is 5.71. The van der Waals surface area contributed by atoms with Crippen LogP contribution in [-0.2, 0) is 9.53 Å². The third-order valence-corrected chi connectivity index (χ3v) is 1.71. The van der Waals surface area contributed by atoms with Gasteiger partial charge in [-0.3, -0.25) is 9.69 Å². The fourth-order valence-electron chi connectivity index (χ4n) is 1.22. The zero-order chi connectivity index (χ0) is 9.14. The van der Waals surface area contributed by atoms with Crippen LogP contribution in [-0.4, -0.2) is 42.6 Å². The van der Waals surface area contributed by atoms with Crippen LogP contribution in [0, 0.1) is 0 Å². The van der Waals surface area contributed by atoms with Gasteiger partial charge in [0.2, 0.25) is 0 Å². The lowest BCUT2D eigenvalue weighted by Crippen LogP contribution is -2.57. The van der Waals surface area contributed by atoms with Crippen molar-refractivity contribution in [2.45, 2.75) is 26.0 Å². The lowest BCUT2D eigenvalue weighted by Gasteiger charge is -2.35. The lowest BCUT2D eigenvalue weighted by molar-refractivity contribution is -0.149. The van der Waals surface area contributed by atoms with Crippen LogP contribution in [0.2, 0.25) is 0 Å². The van der Waals surface area contributed by atoms with Gasteiger partial charge in [0, 0.05) is 19.1 Å². The second kappa shape index (κ2) is 3.87. The number of likely N-dealkylation sites (tertiary alicyclic amines) is 1. The Hall–Kier alpha value is -0.610. The minimum Gasteiger partial charge on any atom is -0.462 e. The van der Waals surface area contributed by atoms with E-state index < -0.39 is 0 Å². The highest BCUT2D eigenvalue weighted by Gasteiger charge is 2.25. The van der Waals surface area contributed by atoms with E-state index in [1.54, 1.807) is 0 Å². The molecule has 0 unspecified atom stereocenters. The molecule has 0 amide bonds. The first-order valence-corrected chi connectivity index (χ1v) is 4.25.